The summed E-state index contributed by atoms with van der Waals surface area (Å²) >= 11 is 0. The first-order valence-corrected chi connectivity index (χ1v) is 5.65. The van der Waals surface area contributed by atoms with Crippen LogP contribution in [0, 0.1) is 0 Å². The number of methoxy groups -OCH3 is 1. The van der Waals surface area contributed by atoms with Gasteiger partial charge in [-0.05, 0) is 29.8 Å². The fourth-order valence-electron chi connectivity index (χ4n) is 1.59. The Morgan fingerprint density at radius 2 is 1.78 bits per heavy atom. The predicted molar refractivity (Wildman–Crippen MR) is 67.7 cm³/mol. The smallest absolute Gasteiger partial charge is 0.161 e. The summed E-state index contributed by atoms with van der Waals surface area (Å²) in [5, 5.41) is 9.95. The van der Waals surface area contributed by atoms with Gasteiger partial charge in [0.25, 0.3) is 0 Å². The van der Waals surface area contributed by atoms with Gasteiger partial charge in [-0.25, -0.2) is 0 Å². The Labute approximate surface area is 106 Å². The fourth-order valence-corrected chi connectivity index (χ4v) is 1.59. The van der Waals surface area contributed by atoms with Gasteiger partial charge in [-0.3, -0.25) is 4.98 Å². The summed E-state index contributed by atoms with van der Waals surface area (Å²) in [6.07, 6.45) is 2.60. The molecule has 0 amide bonds. The Balaban J connectivity index is 1.99. The number of aliphatic hydroxyl groups excluding tert-OH is 1. The van der Waals surface area contributed by atoms with Crippen molar-refractivity contribution in [3.63, 3.8) is 0 Å². The number of benzene rings is 1. The van der Waals surface area contributed by atoms with Gasteiger partial charge in [0, 0.05) is 12.4 Å². The van der Waals surface area contributed by atoms with Gasteiger partial charge in [0.05, 0.1) is 7.11 Å². The van der Waals surface area contributed by atoms with Crippen LogP contribution in [-0.4, -0.2) is 23.8 Å². The molecule has 1 unspecified atom stereocenters. The predicted octanol–water partition coefficient (Wildman–Crippen LogP) is 2.20. The first-order chi connectivity index (χ1) is 8.81. The van der Waals surface area contributed by atoms with Crippen LogP contribution in [0.4, 0.5) is 0 Å². The van der Waals surface area contributed by atoms with Gasteiger partial charge >= 0.3 is 0 Å². The highest BCUT2D eigenvalue weighted by atomic mass is 16.5. The normalized spacial score (nSPS) is 11.9. The second kappa shape index (κ2) is 6.02. The molecule has 0 aliphatic rings. The van der Waals surface area contributed by atoms with Crippen LogP contribution in [0.15, 0.2) is 48.8 Å². The quantitative estimate of drug-likeness (QED) is 0.877. The van der Waals surface area contributed by atoms with E-state index in [4.69, 9.17) is 9.47 Å². The Morgan fingerprint density at radius 3 is 2.44 bits per heavy atom. The fraction of sp³-hybridized carbons (Fsp3) is 0.214. The molecule has 0 saturated carbocycles. The topological polar surface area (TPSA) is 51.6 Å². The van der Waals surface area contributed by atoms with E-state index in [1.54, 1.807) is 37.7 Å². The zero-order valence-electron chi connectivity index (χ0n) is 10.1. The van der Waals surface area contributed by atoms with Crippen LogP contribution in [0.2, 0.25) is 0 Å². The van der Waals surface area contributed by atoms with Gasteiger partial charge in [0.2, 0.25) is 0 Å². The molecule has 1 aromatic heterocycles. The average molecular weight is 245 g/mol. The van der Waals surface area contributed by atoms with E-state index in [1.165, 1.54) is 0 Å². The van der Waals surface area contributed by atoms with E-state index >= 15 is 0 Å². The largest absolute Gasteiger partial charge is 0.493 e. The standard InChI is InChI=1S/C14H15NO3/c1-17-13-4-2-3-5-14(13)18-10-12(16)11-6-8-15-9-7-11/h2-9,12,16H,10H2,1H3. The molecule has 0 saturated heterocycles. The van der Waals surface area contributed by atoms with Crippen LogP contribution >= 0.6 is 0 Å². The van der Waals surface area contributed by atoms with Gasteiger partial charge in [-0.15, -0.1) is 0 Å². The van der Waals surface area contributed by atoms with E-state index < -0.39 is 6.10 Å². The van der Waals surface area contributed by atoms with E-state index in [9.17, 15) is 5.11 Å². The summed E-state index contributed by atoms with van der Waals surface area (Å²) in [6, 6.07) is 10.9. The summed E-state index contributed by atoms with van der Waals surface area (Å²) in [5.41, 5.74) is 0.778. The van der Waals surface area contributed by atoms with Crippen molar-refractivity contribution in [2.75, 3.05) is 13.7 Å². The molecule has 2 aromatic rings. The van der Waals surface area contributed by atoms with Crippen LogP contribution in [0.1, 0.15) is 11.7 Å². The maximum absolute atomic E-state index is 9.95. The Bertz CT molecular complexity index is 487. The SMILES string of the molecule is COc1ccccc1OCC(O)c1ccncc1. The van der Waals surface area contributed by atoms with Gasteiger partial charge in [0.15, 0.2) is 11.5 Å². The molecule has 1 atom stereocenters. The molecule has 0 aliphatic carbocycles. The minimum absolute atomic E-state index is 0.171. The molecule has 4 nitrogen and oxygen atoms in total. The molecular weight excluding hydrogens is 230 g/mol. The van der Waals surface area contributed by atoms with E-state index in [0.29, 0.717) is 11.5 Å². The maximum Gasteiger partial charge on any atom is 0.161 e. The molecule has 1 heterocycles. The van der Waals surface area contributed by atoms with Gasteiger partial charge in [0.1, 0.15) is 12.7 Å². The number of hydrogen-bond acceptors (Lipinski definition) is 4. The number of aromatic nitrogens is 1. The molecule has 4 heteroatoms. The van der Waals surface area contributed by atoms with Gasteiger partial charge in [-0.1, -0.05) is 12.1 Å². The highest BCUT2D eigenvalue weighted by Gasteiger charge is 2.09. The van der Waals surface area contributed by atoms with Crippen LogP contribution in [-0.2, 0) is 0 Å². The summed E-state index contributed by atoms with van der Waals surface area (Å²) in [4.78, 5) is 3.90. The molecule has 0 aliphatic heterocycles. The molecule has 0 spiro atoms. The minimum atomic E-state index is -0.682. The van der Waals surface area contributed by atoms with E-state index in [-0.39, 0.29) is 6.61 Å². The maximum atomic E-state index is 9.95. The summed E-state index contributed by atoms with van der Waals surface area (Å²) in [5.74, 6) is 1.27. The first kappa shape index (κ1) is 12.4. The van der Waals surface area contributed by atoms with Gasteiger partial charge < -0.3 is 14.6 Å². The zero-order chi connectivity index (χ0) is 12.8. The van der Waals surface area contributed by atoms with Crippen molar-refractivity contribution < 1.29 is 14.6 Å². The van der Waals surface area contributed by atoms with Crippen molar-refractivity contribution in [1.29, 1.82) is 0 Å². The lowest BCUT2D eigenvalue weighted by atomic mass is 10.1. The van der Waals surface area contributed by atoms with Crippen LogP contribution < -0.4 is 9.47 Å². The van der Waals surface area contributed by atoms with Crippen LogP contribution in [0.25, 0.3) is 0 Å². The Morgan fingerprint density at radius 1 is 1.11 bits per heavy atom. The highest BCUT2D eigenvalue weighted by molar-refractivity contribution is 5.39. The summed E-state index contributed by atoms with van der Waals surface area (Å²) in [6.45, 7) is 0.171. The number of ether oxygens (including phenoxy) is 2. The molecule has 1 aromatic carbocycles. The molecule has 0 bridgehead atoms. The van der Waals surface area contributed by atoms with Crippen LogP contribution in [0.5, 0.6) is 11.5 Å². The van der Waals surface area contributed by atoms with Crippen molar-refractivity contribution >= 4 is 0 Å². The van der Waals surface area contributed by atoms with E-state index in [0.717, 1.165) is 5.56 Å². The van der Waals surface area contributed by atoms with E-state index in [1.807, 2.05) is 18.2 Å². The average Bonchev–Trinajstić information content (AvgIpc) is 2.46. The third kappa shape index (κ3) is 2.99. The monoisotopic (exact) mass is 245 g/mol. The molecule has 0 radical (unpaired) electrons. The van der Waals surface area contributed by atoms with Gasteiger partial charge in [-0.2, -0.15) is 0 Å². The first-order valence-electron chi connectivity index (χ1n) is 5.65. The minimum Gasteiger partial charge on any atom is -0.493 e. The Hall–Kier alpha value is -2.07. The number of nitrogens with zero attached hydrogens (tertiary/aromatic N) is 1. The highest BCUT2D eigenvalue weighted by Crippen LogP contribution is 2.26. The number of para-hydroxylation sites is 2. The number of rotatable bonds is 5. The third-order valence-electron chi connectivity index (χ3n) is 2.56. The Kier molecular flexibility index (Phi) is 4.15. The van der Waals surface area contributed by atoms with Crippen molar-refractivity contribution in [3.8, 4) is 11.5 Å². The molecule has 1 N–H and O–H groups in total. The lowest BCUT2D eigenvalue weighted by Crippen LogP contribution is -2.10. The second-order valence-electron chi connectivity index (χ2n) is 3.76. The summed E-state index contributed by atoms with van der Waals surface area (Å²) in [7, 11) is 1.58. The molecular formula is C14H15NO3. The lowest BCUT2D eigenvalue weighted by Gasteiger charge is -2.14. The summed E-state index contributed by atoms with van der Waals surface area (Å²) < 4.78 is 10.7. The number of pyridine rings is 1. The number of aliphatic hydroxyl groups is 1. The zero-order valence-corrected chi connectivity index (χ0v) is 10.1. The van der Waals surface area contributed by atoms with E-state index in [2.05, 4.69) is 4.98 Å². The molecule has 0 fully saturated rings. The number of hydrogen-bond donors (Lipinski definition) is 1. The lowest BCUT2D eigenvalue weighted by molar-refractivity contribution is 0.106. The molecule has 18 heavy (non-hydrogen) atoms. The van der Waals surface area contributed by atoms with Crippen LogP contribution in [0.3, 0.4) is 0 Å². The second-order valence-corrected chi connectivity index (χ2v) is 3.76. The van der Waals surface area contributed by atoms with Crippen molar-refractivity contribution in [3.05, 3.63) is 54.4 Å². The van der Waals surface area contributed by atoms with Crippen molar-refractivity contribution in [2.24, 2.45) is 0 Å². The molecule has 94 valence electrons. The van der Waals surface area contributed by atoms with Crippen molar-refractivity contribution in [2.45, 2.75) is 6.10 Å². The van der Waals surface area contributed by atoms with Crippen molar-refractivity contribution in [1.82, 2.24) is 4.98 Å². The third-order valence-corrected chi connectivity index (χ3v) is 2.56. The molecule has 2 rings (SSSR count).